The highest BCUT2D eigenvalue weighted by Gasteiger charge is 2.12. The van der Waals surface area contributed by atoms with Crippen LogP contribution in [0, 0.1) is 0 Å². The summed E-state index contributed by atoms with van der Waals surface area (Å²) in [6.45, 7) is 3.37. The van der Waals surface area contributed by atoms with Crippen LogP contribution < -0.4 is 10.4 Å². The minimum absolute atomic E-state index is 0.662. The van der Waals surface area contributed by atoms with E-state index in [9.17, 15) is 0 Å². The summed E-state index contributed by atoms with van der Waals surface area (Å²) in [6, 6.07) is 1.37. The second kappa shape index (κ2) is 4.27. The second-order valence-corrected chi connectivity index (χ2v) is 3.44. The molecule has 0 aromatic rings. The Bertz CT molecular complexity index is 97.6. The molecular weight excluding hydrogens is 143 g/mol. The van der Waals surface area contributed by atoms with Gasteiger partial charge in [-0.05, 0) is 19.8 Å². The normalized spacial score (nSPS) is 35.4. The van der Waals surface area contributed by atoms with Gasteiger partial charge in [0.05, 0.1) is 0 Å². The summed E-state index contributed by atoms with van der Waals surface area (Å²) in [4.78, 5) is 0. The molecule has 2 N–H and O–H groups in total. The lowest BCUT2D eigenvalue weighted by atomic mass is 10.1. The quantitative estimate of drug-likeness (QED) is 0.557. The summed E-state index contributed by atoms with van der Waals surface area (Å²) in [6.07, 6.45) is 3.98. The Kier molecular flexibility index (Phi) is 3.61. The van der Waals surface area contributed by atoms with E-state index in [0.29, 0.717) is 12.1 Å². The molecular formula is C7H17N2P. The first kappa shape index (κ1) is 8.45. The SMILES string of the molecule is CC1CCCC(NP)CN1. The Hall–Kier alpha value is 0.350. The van der Waals surface area contributed by atoms with Crippen LogP contribution in [0.5, 0.6) is 0 Å². The lowest BCUT2D eigenvalue weighted by Crippen LogP contribution is -2.35. The van der Waals surface area contributed by atoms with Crippen molar-refractivity contribution in [3.63, 3.8) is 0 Å². The smallest absolute Gasteiger partial charge is 0.0224 e. The van der Waals surface area contributed by atoms with Crippen LogP contribution in [-0.4, -0.2) is 18.6 Å². The van der Waals surface area contributed by atoms with Crippen molar-refractivity contribution in [2.24, 2.45) is 0 Å². The van der Waals surface area contributed by atoms with Crippen molar-refractivity contribution in [3.8, 4) is 0 Å². The van der Waals surface area contributed by atoms with E-state index >= 15 is 0 Å². The van der Waals surface area contributed by atoms with Gasteiger partial charge in [-0.3, -0.25) is 5.09 Å². The molecule has 1 heterocycles. The molecule has 1 aliphatic heterocycles. The highest BCUT2D eigenvalue weighted by atomic mass is 31.0. The maximum absolute atomic E-state index is 3.47. The summed E-state index contributed by atoms with van der Waals surface area (Å²) in [5, 5.41) is 6.69. The maximum atomic E-state index is 3.47. The second-order valence-electron chi connectivity index (χ2n) is 3.10. The van der Waals surface area contributed by atoms with E-state index in [4.69, 9.17) is 0 Å². The van der Waals surface area contributed by atoms with Crippen molar-refractivity contribution in [2.75, 3.05) is 6.54 Å². The van der Waals surface area contributed by atoms with E-state index in [0.717, 1.165) is 6.54 Å². The molecule has 1 aliphatic rings. The van der Waals surface area contributed by atoms with Crippen LogP contribution >= 0.6 is 9.39 Å². The molecule has 1 rings (SSSR count). The molecule has 1 saturated heterocycles. The standard InChI is InChI=1S/C7H17N2P/c1-6-3-2-4-7(9-10)5-8-6/h6-9H,2-5,10H2,1H3. The Morgan fingerprint density at radius 2 is 2.30 bits per heavy atom. The van der Waals surface area contributed by atoms with Crippen molar-refractivity contribution in [1.82, 2.24) is 10.4 Å². The Morgan fingerprint density at radius 3 is 3.00 bits per heavy atom. The van der Waals surface area contributed by atoms with Crippen molar-refractivity contribution < 1.29 is 0 Å². The van der Waals surface area contributed by atoms with Crippen molar-refractivity contribution in [1.29, 1.82) is 0 Å². The van der Waals surface area contributed by atoms with Crippen molar-refractivity contribution >= 4 is 9.39 Å². The number of nitrogens with one attached hydrogen (secondary N) is 2. The van der Waals surface area contributed by atoms with Gasteiger partial charge in [0.1, 0.15) is 0 Å². The molecule has 0 amide bonds. The van der Waals surface area contributed by atoms with Gasteiger partial charge >= 0.3 is 0 Å². The van der Waals surface area contributed by atoms with Gasteiger partial charge in [0.25, 0.3) is 0 Å². The third kappa shape index (κ3) is 2.53. The first-order valence-corrected chi connectivity index (χ1v) is 4.60. The summed E-state index contributed by atoms with van der Waals surface area (Å²) in [5.74, 6) is 0. The maximum Gasteiger partial charge on any atom is 0.0224 e. The molecule has 0 aromatic heterocycles. The number of hydrogen-bond donors (Lipinski definition) is 2. The molecule has 0 spiro atoms. The fraction of sp³-hybridized carbons (Fsp3) is 1.00. The van der Waals surface area contributed by atoms with Crippen LogP contribution in [0.15, 0.2) is 0 Å². The predicted molar refractivity (Wildman–Crippen MR) is 47.9 cm³/mol. The van der Waals surface area contributed by atoms with Crippen LogP contribution in [0.3, 0.4) is 0 Å². The van der Waals surface area contributed by atoms with E-state index in [1.165, 1.54) is 19.3 Å². The summed E-state index contributed by atoms with van der Waals surface area (Å²) < 4.78 is 0. The topological polar surface area (TPSA) is 24.1 Å². The highest BCUT2D eigenvalue weighted by molar-refractivity contribution is 7.13. The molecule has 0 bridgehead atoms. The molecule has 0 aliphatic carbocycles. The van der Waals surface area contributed by atoms with Gasteiger partial charge in [-0.1, -0.05) is 15.8 Å². The first-order valence-electron chi connectivity index (χ1n) is 4.02. The zero-order chi connectivity index (χ0) is 7.40. The number of rotatable bonds is 1. The largest absolute Gasteiger partial charge is 0.313 e. The Labute approximate surface area is 65.4 Å². The predicted octanol–water partition coefficient (Wildman–Crippen LogP) is 0.897. The minimum atomic E-state index is 0.662. The van der Waals surface area contributed by atoms with Gasteiger partial charge in [0.2, 0.25) is 0 Å². The summed E-state index contributed by atoms with van der Waals surface area (Å²) in [7, 11) is 2.59. The molecule has 3 atom stereocenters. The van der Waals surface area contributed by atoms with Gasteiger partial charge < -0.3 is 5.32 Å². The summed E-state index contributed by atoms with van der Waals surface area (Å²) >= 11 is 0. The Morgan fingerprint density at radius 1 is 1.50 bits per heavy atom. The lowest BCUT2D eigenvalue weighted by molar-refractivity contribution is 0.529. The van der Waals surface area contributed by atoms with E-state index < -0.39 is 0 Å². The third-order valence-electron chi connectivity index (χ3n) is 2.14. The van der Waals surface area contributed by atoms with Crippen molar-refractivity contribution in [2.45, 2.75) is 38.3 Å². The van der Waals surface area contributed by atoms with Crippen LogP contribution in [0.25, 0.3) is 0 Å². The van der Waals surface area contributed by atoms with E-state index in [-0.39, 0.29) is 0 Å². The van der Waals surface area contributed by atoms with Gasteiger partial charge in [-0.15, -0.1) is 0 Å². The molecule has 1 fully saturated rings. The molecule has 2 nitrogen and oxygen atoms in total. The minimum Gasteiger partial charge on any atom is -0.313 e. The van der Waals surface area contributed by atoms with Crippen LogP contribution in [-0.2, 0) is 0 Å². The summed E-state index contributed by atoms with van der Waals surface area (Å²) in [5.41, 5.74) is 0. The van der Waals surface area contributed by atoms with Crippen LogP contribution in [0.4, 0.5) is 0 Å². The Balaban J connectivity index is 2.26. The van der Waals surface area contributed by atoms with Gasteiger partial charge in [-0.25, -0.2) is 0 Å². The molecule has 0 aromatic carbocycles. The fourth-order valence-corrected chi connectivity index (χ4v) is 1.64. The molecule has 60 valence electrons. The van der Waals surface area contributed by atoms with Gasteiger partial charge in [0.15, 0.2) is 0 Å². The average Bonchev–Trinajstić information content (AvgIpc) is 2.14. The van der Waals surface area contributed by atoms with E-state index in [2.05, 4.69) is 26.7 Å². The zero-order valence-corrected chi connectivity index (χ0v) is 7.72. The van der Waals surface area contributed by atoms with E-state index in [1.54, 1.807) is 0 Å². The molecule has 0 radical (unpaired) electrons. The van der Waals surface area contributed by atoms with Gasteiger partial charge in [0, 0.05) is 18.6 Å². The monoisotopic (exact) mass is 160 g/mol. The molecule has 0 saturated carbocycles. The fourth-order valence-electron chi connectivity index (χ4n) is 1.36. The molecule has 3 unspecified atom stereocenters. The van der Waals surface area contributed by atoms with Gasteiger partial charge in [-0.2, -0.15) is 0 Å². The molecule has 3 heteroatoms. The lowest BCUT2D eigenvalue weighted by Gasteiger charge is -2.13. The van der Waals surface area contributed by atoms with Crippen LogP contribution in [0.1, 0.15) is 26.2 Å². The van der Waals surface area contributed by atoms with Crippen LogP contribution in [0.2, 0.25) is 0 Å². The van der Waals surface area contributed by atoms with E-state index in [1.807, 2.05) is 0 Å². The average molecular weight is 160 g/mol. The third-order valence-corrected chi connectivity index (χ3v) is 2.61. The number of hydrogen-bond acceptors (Lipinski definition) is 2. The highest BCUT2D eigenvalue weighted by Crippen LogP contribution is 2.08. The first-order chi connectivity index (χ1) is 4.83. The molecule has 10 heavy (non-hydrogen) atoms. The van der Waals surface area contributed by atoms with Crippen molar-refractivity contribution in [3.05, 3.63) is 0 Å². The zero-order valence-electron chi connectivity index (χ0n) is 6.56.